The number of hydrogen-bond acceptors (Lipinski definition) is 6. The van der Waals surface area contributed by atoms with Crippen molar-refractivity contribution in [2.45, 2.75) is 44.7 Å². The van der Waals surface area contributed by atoms with Gasteiger partial charge in [0.2, 0.25) is 5.91 Å². The van der Waals surface area contributed by atoms with Gasteiger partial charge < -0.3 is 14.7 Å². The monoisotopic (exact) mass is 434 g/mol. The molecule has 156 valence electrons. The molecule has 2 fully saturated rings. The highest BCUT2D eigenvalue weighted by Crippen LogP contribution is 2.35. The second-order valence-corrected chi connectivity index (χ2v) is 8.87. The van der Waals surface area contributed by atoms with E-state index in [-0.39, 0.29) is 24.5 Å². The second kappa shape index (κ2) is 9.73. The van der Waals surface area contributed by atoms with Crippen LogP contribution in [0.15, 0.2) is 29.2 Å². The van der Waals surface area contributed by atoms with Crippen LogP contribution in [-0.4, -0.2) is 63.4 Å². The van der Waals surface area contributed by atoms with Gasteiger partial charge in [0.15, 0.2) is 0 Å². The average Bonchev–Trinajstić information content (AvgIpc) is 3.01. The van der Waals surface area contributed by atoms with E-state index < -0.39 is 6.04 Å². The molecule has 0 aliphatic carbocycles. The molecule has 2 heterocycles. The van der Waals surface area contributed by atoms with Gasteiger partial charge in [-0.2, -0.15) is 0 Å². The van der Waals surface area contributed by atoms with Crippen molar-refractivity contribution >= 4 is 46.2 Å². The normalized spacial score (nSPS) is 22.3. The molecule has 0 spiro atoms. The number of rotatable bonds is 6. The van der Waals surface area contributed by atoms with Crippen LogP contribution in [0, 0.1) is 0 Å². The van der Waals surface area contributed by atoms with Crippen molar-refractivity contribution in [2.75, 3.05) is 20.3 Å². The number of likely N-dealkylation sites (tertiary alicyclic amines) is 1. The van der Waals surface area contributed by atoms with Crippen LogP contribution in [0.2, 0.25) is 0 Å². The first kappa shape index (κ1) is 21.8. The first-order chi connectivity index (χ1) is 14.0. The Balaban J connectivity index is 1.75. The molecule has 0 saturated carbocycles. The fourth-order valence-electron chi connectivity index (χ4n) is 3.76. The van der Waals surface area contributed by atoms with E-state index in [1.807, 2.05) is 29.2 Å². The van der Waals surface area contributed by atoms with Crippen molar-refractivity contribution in [2.24, 2.45) is 0 Å². The molecule has 1 N–H and O–H groups in total. The maximum Gasteiger partial charge on any atom is 0.266 e. The van der Waals surface area contributed by atoms with Crippen LogP contribution in [0.4, 0.5) is 0 Å². The number of nitrogens with zero attached hydrogens (tertiary/aromatic N) is 2. The van der Waals surface area contributed by atoms with E-state index in [9.17, 15) is 14.7 Å². The summed E-state index contributed by atoms with van der Waals surface area (Å²) < 4.78 is 5.55. The lowest BCUT2D eigenvalue weighted by Gasteiger charge is -2.38. The zero-order chi connectivity index (χ0) is 21.0. The lowest BCUT2D eigenvalue weighted by molar-refractivity contribution is -0.142. The van der Waals surface area contributed by atoms with Gasteiger partial charge in [-0.25, -0.2) is 0 Å². The first-order valence-electron chi connectivity index (χ1n) is 9.78. The number of benzene rings is 1. The number of hydrogen-bond donors (Lipinski definition) is 1. The summed E-state index contributed by atoms with van der Waals surface area (Å²) in [7, 11) is 1.60. The van der Waals surface area contributed by atoms with Gasteiger partial charge in [0.25, 0.3) is 5.91 Å². The lowest BCUT2D eigenvalue weighted by atomic mass is 9.98. The summed E-state index contributed by atoms with van der Waals surface area (Å²) in [4.78, 5) is 29.9. The van der Waals surface area contributed by atoms with Gasteiger partial charge in [-0.05, 0) is 56.4 Å². The van der Waals surface area contributed by atoms with Gasteiger partial charge in [0.05, 0.1) is 12.0 Å². The maximum atomic E-state index is 13.1. The Morgan fingerprint density at radius 3 is 2.76 bits per heavy atom. The number of aliphatic hydroxyl groups excluding tert-OH is 1. The summed E-state index contributed by atoms with van der Waals surface area (Å²) in [6.45, 7) is 2.44. The van der Waals surface area contributed by atoms with Crippen LogP contribution < -0.4 is 4.74 Å². The van der Waals surface area contributed by atoms with Gasteiger partial charge >= 0.3 is 0 Å². The molecule has 2 aliphatic heterocycles. The predicted octanol–water partition coefficient (Wildman–Crippen LogP) is 3.05. The molecule has 1 aromatic carbocycles. The van der Waals surface area contributed by atoms with E-state index in [0.29, 0.717) is 22.2 Å². The number of carbonyl (C=O) groups is 2. The zero-order valence-electron chi connectivity index (χ0n) is 16.7. The Kier molecular flexibility index (Phi) is 7.32. The molecule has 2 amide bonds. The van der Waals surface area contributed by atoms with Crippen LogP contribution in [0.1, 0.15) is 38.2 Å². The van der Waals surface area contributed by atoms with Gasteiger partial charge in [-0.1, -0.05) is 36.1 Å². The molecule has 2 aliphatic rings. The smallest absolute Gasteiger partial charge is 0.266 e. The fraction of sp³-hybridized carbons (Fsp3) is 0.476. The molecule has 0 radical (unpaired) electrons. The van der Waals surface area contributed by atoms with Crippen LogP contribution in [-0.2, 0) is 9.59 Å². The van der Waals surface area contributed by atoms with E-state index in [1.54, 1.807) is 20.1 Å². The van der Waals surface area contributed by atoms with E-state index >= 15 is 0 Å². The molecule has 2 atom stereocenters. The third kappa shape index (κ3) is 4.82. The van der Waals surface area contributed by atoms with Crippen LogP contribution in [0.5, 0.6) is 5.75 Å². The molecule has 6 nitrogen and oxygen atoms in total. The van der Waals surface area contributed by atoms with Gasteiger partial charge in [0, 0.05) is 19.2 Å². The Labute approximate surface area is 180 Å². The van der Waals surface area contributed by atoms with Crippen LogP contribution >= 0.6 is 24.0 Å². The zero-order valence-corrected chi connectivity index (χ0v) is 18.3. The fourth-order valence-corrected chi connectivity index (χ4v) is 5.17. The summed E-state index contributed by atoms with van der Waals surface area (Å²) in [6, 6.07) is 6.76. The first-order valence-corrected chi connectivity index (χ1v) is 11.0. The number of aliphatic hydroxyl groups is 1. The Hall–Kier alpha value is -1.90. The van der Waals surface area contributed by atoms with Gasteiger partial charge in [0.1, 0.15) is 16.1 Å². The van der Waals surface area contributed by atoms with E-state index in [1.165, 1.54) is 16.7 Å². The summed E-state index contributed by atoms with van der Waals surface area (Å²) in [5.41, 5.74) is 0.865. The second-order valence-electron chi connectivity index (χ2n) is 7.19. The largest absolute Gasteiger partial charge is 0.497 e. The van der Waals surface area contributed by atoms with Crippen LogP contribution in [0.25, 0.3) is 6.08 Å². The highest BCUT2D eigenvalue weighted by molar-refractivity contribution is 8.26. The van der Waals surface area contributed by atoms with Crippen molar-refractivity contribution in [3.63, 3.8) is 0 Å². The number of methoxy groups -OCH3 is 1. The van der Waals surface area contributed by atoms with E-state index in [2.05, 4.69) is 0 Å². The minimum Gasteiger partial charge on any atom is -0.497 e. The molecule has 29 heavy (non-hydrogen) atoms. The van der Waals surface area contributed by atoms with Crippen molar-refractivity contribution in [1.82, 2.24) is 9.80 Å². The maximum absolute atomic E-state index is 13.1. The summed E-state index contributed by atoms with van der Waals surface area (Å²) in [6.07, 6.45) is 5.22. The van der Waals surface area contributed by atoms with Crippen molar-refractivity contribution in [3.8, 4) is 5.75 Å². The topological polar surface area (TPSA) is 70.1 Å². The van der Waals surface area contributed by atoms with Crippen molar-refractivity contribution in [1.29, 1.82) is 0 Å². The van der Waals surface area contributed by atoms with Crippen molar-refractivity contribution in [3.05, 3.63) is 34.7 Å². The van der Waals surface area contributed by atoms with Gasteiger partial charge in [-0.15, -0.1) is 0 Å². The highest BCUT2D eigenvalue weighted by Gasteiger charge is 2.40. The summed E-state index contributed by atoms with van der Waals surface area (Å²) >= 11 is 6.64. The Morgan fingerprint density at radius 2 is 2.10 bits per heavy atom. The SMILES string of the molecule is COc1ccc(/C=C2\SC(=S)N([C@H](C)C(=O)N3CCCC[C@@H]3CCO)C2=O)cc1. The number of piperidine rings is 1. The molecular weight excluding hydrogens is 408 g/mol. The molecule has 8 heteroatoms. The summed E-state index contributed by atoms with van der Waals surface area (Å²) in [5, 5.41) is 9.32. The average molecular weight is 435 g/mol. The third-order valence-corrected chi connectivity index (χ3v) is 6.68. The number of carbonyl (C=O) groups excluding carboxylic acids is 2. The molecule has 0 bridgehead atoms. The minimum absolute atomic E-state index is 0.0249. The predicted molar refractivity (Wildman–Crippen MR) is 119 cm³/mol. The van der Waals surface area contributed by atoms with E-state index in [0.717, 1.165) is 30.6 Å². The Bertz CT molecular complexity index is 807. The molecule has 2 saturated heterocycles. The van der Waals surface area contributed by atoms with Crippen LogP contribution in [0.3, 0.4) is 0 Å². The third-order valence-electron chi connectivity index (χ3n) is 5.35. The molecular formula is C21H26N2O4S2. The lowest BCUT2D eigenvalue weighted by Crippen LogP contribution is -2.53. The standard InChI is InChI=1S/C21H26N2O4S2/c1-14(19(25)22-11-4-3-5-16(22)10-12-24)23-20(26)18(29-21(23)28)13-15-6-8-17(27-2)9-7-15/h6-9,13-14,16,24H,3-5,10-12H2,1-2H3/b18-13-/t14-,16-/m1/s1. The number of thioether (sulfide) groups is 1. The molecule has 0 unspecified atom stereocenters. The van der Waals surface area contributed by atoms with Gasteiger partial charge in [-0.3, -0.25) is 14.5 Å². The van der Waals surface area contributed by atoms with E-state index in [4.69, 9.17) is 17.0 Å². The molecule has 0 aromatic heterocycles. The number of thiocarbonyl (C=S) groups is 1. The molecule has 1 aromatic rings. The Morgan fingerprint density at radius 1 is 1.38 bits per heavy atom. The van der Waals surface area contributed by atoms with Crippen molar-refractivity contribution < 1.29 is 19.4 Å². The highest BCUT2D eigenvalue weighted by atomic mass is 32.2. The molecule has 3 rings (SSSR count). The number of ether oxygens (including phenoxy) is 1. The minimum atomic E-state index is -0.663. The number of amides is 2. The summed E-state index contributed by atoms with van der Waals surface area (Å²) in [5.74, 6) is 0.394. The quantitative estimate of drug-likeness (QED) is 0.548.